The van der Waals surface area contributed by atoms with Gasteiger partial charge in [0, 0.05) is 28.5 Å². The van der Waals surface area contributed by atoms with E-state index >= 15 is 0 Å². The Morgan fingerprint density at radius 1 is 0.958 bits per heavy atom. The first-order chi connectivity index (χ1) is 11.7. The van der Waals surface area contributed by atoms with Crippen molar-refractivity contribution < 1.29 is 9.53 Å². The summed E-state index contributed by atoms with van der Waals surface area (Å²) in [5, 5.41) is 3.77. The third kappa shape index (κ3) is 2.30. The van der Waals surface area contributed by atoms with Gasteiger partial charge >= 0.3 is 5.97 Å². The number of carbonyl (C=O) groups is 1. The second-order valence-electron chi connectivity index (χ2n) is 5.32. The van der Waals surface area contributed by atoms with Crippen LogP contribution in [0.4, 0.5) is 5.95 Å². The molecule has 0 amide bonds. The molecule has 5 nitrogen and oxygen atoms in total. The summed E-state index contributed by atoms with van der Waals surface area (Å²) in [6.45, 7) is 0. The van der Waals surface area contributed by atoms with E-state index in [1.165, 1.54) is 0 Å². The Hall–Kier alpha value is -2.92. The lowest BCUT2D eigenvalue weighted by Crippen LogP contribution is -2.37. The summed E-state index contributed by atoms with van der Waals surface area (Å²) < 4.78 is 5.78. The number of esters is 1. The highest BCUT2D eigenvalue weighted by Gasteiger charge is 2.47. The number of benzene rings is 2. The smallest absolute Gasteiger partial charge is 0.341 e. The molecule has 0 aliphatic carbocycles. The van der Waals surface area contributed by atoms with Crippen LogP contribution < -0.4 is 5.32 Å². The maximum absolute atomic E-state index is 12.4. The van der Waals surface area contributed by atoms with Crippen molar-refractivity contribution in [3.05, 3.63) is 88.7 Å². The monoisotopic (exact) mass is 337 g/mol. The van der Waals surface area contributed by atoms with Gasteiger partial charge in [-0.05, 0) is 24.3 Å². The summed E-state index contributed by atoms with van der Waals surface area (Å²) in [6, 6.07) is 16.1. The molecule has 0 saturated heterocycles. The number of rotatable bonds is 3. The molecule has 2 heterocycles. The molecule has 1 N–H and O–H groups in total. The first kappa shape index (κ1) is 14.7. The normalized spacial score (nSPS) is 18.8. The number of hydrogen-bond acceptors (Lipinski definition) is 5. The molecule has 0 fully saturated rings. The van der Waals surface area contributed by atoms with Gasteiger partial charge in [0.1, 0.15) is 0 Å². The lowest BCUT2D eigenvalue weighted by Gasteiger charge is -2.30. The van der Waals surface area contributed by atoms with Crippen molar-refractivity contribution >= 4 is 23.5 Å². The number of aromatic nitrogens is 2. The molecule has 1 aliphatic heterocycles. The van der Waals surface area contributed by atoms with Gasteiger partial charge in [-0.15, -0.1) is 0 Å². The van der Waals surface area contributed by atoms with Crippen LogP contribution in [0.25, 0.3) is 0 Å². The molecule has 0 radical (unpaired) electrons. The maximum atomic E-state index is 12.4. The van der Waals surface area contributed by atoms with Crippen LogP contribution in [0.5, 0.6) is 0 Å². The summed E-state index contributed by atoms with van der Waals surface area (Å²) in [5.41, 5.74) is 0.762. The van der Waals surface area contributed by atoms with E-state index in [9.17, 15) is 4.79 Å². The molecular weight excluding hydrogens is 326 g/mol. The highest BCUT2D eigenvalue weighted by molar-refractivity contribution is 6.30. The fraction of sp³-hybridized carbons (Fsp3) is 0.0556. The Morgan fingerprint density at radius 2 is 1.67 bits per heavy atom. The largest absolute Gasteiger partial charge is 0.426 e. The standard InChI is InChI=1S/C18H12ClN3O2/c19-13-8-6-12(7-9-13)18(22-17-20-10-3-11-21-17)15-5-2-1-4-14(15)16(23)24-18/h1-11H,(H,20,21,22). The number of ether oxygens (including phenoxy) is 1. The highest BCUT2D eigenvalue weighted by atomic mass is 35.5. The zero-order valence-electron chi connectivity index (χ0n) is 12.4. The molecule has 0 spiro atoms. The van der Waals surface area contributed by atoms with E-state index in [0.717, 1.165) is 5.56 Å². The Kier molecular flexibility index (Phi) is 3.43. The number of hydrogen-bond donors (Lipinski definition) is 1. The van der Waals surface area contributed by atoms with Crippen LogP contribution in [-0.2, 0) is 10.5 Å². The van der Waals surface area contributed by atoms with Crippen molar-refractivity contribution in [1.29, 1.82) is 0 Å². The predicted molar refractivity (Wildman–Crippen MR) is 89.7 cm³/mol. The van der Waals surface area contributed by atoms with E-state index in [4.69, 9.17) is 16.3 Å². The molecule has 118 valence electrons. The minimum Gasteiger partial charge on any atom is -0.426 e. The minimum absolute atomic E-state index is 0.358. The second kappa shape index (κ2) is 5.62. The Labute approximate surface area is 143 Å². The van der Waals surface area contributed by atoms with E-state index in [0.29, 0.717) is 22.1 Å². The van der Waals surface area contributed by atoms with Crippen LogP contribution in [0, 0.1) is 0 Å². The highest BCUT2D eigenvalue weighted by Crippen LogP contribution is 2.42. The van der Waals surface area contributed by atoms with E-state index in [1.807, 2.05) is 24.3 Å². The first-order valence-electron chi connectivity index (χ1n) is 7.33. The van der Waals surface area contributed by atoms with Crippen LogP contribution >= 0.6 is 11.6 Å². The third-order valence-corrected chi connectivity index (χ3v) is 4.13. The van der Waals surface area contributed by atoms with Crippen LogP contribution in [0.3, 0.4) is 0 Å². The predicted octanol–water partition coefficient (Wildman–Crippen LogP) is 3.61. The summed E-state index contributed by atoms with van der Waals surface area (Å²) >= 11 is 6.00. The summed E-state index contributed by atoms with van der Waals surface area (Å²) in [6.07, 6.45) is 3.24. The Bertz CT molecular complexity index is 900. The third-order valence-electron chi connectivity index (χ3n) is 3.88. The number of carbonyl (C=O) groups excluding carboxylic acids is 1. The molecule has 24 heavy (non-hydrogen) atoms. The average Bonchev–Trinajstić information content (AvgIpc) is 2.90. The van der Waals surface area contributed by atoms with Gasteiger partial charge in [-0.25, -0.2) is 14.8 Å². The van der Waals surface area contributed by atoms with Crippen molar-refractivity contribution in [2.75, 3.05) is 5.32 Å². The molecule has 3 aromatic rings. The molecule has 0 saturated carbocycles. The average molecular weight is 338 g/mol. The number of fused-ring (bicyclic) bond motifs is 1. The number of halogens is 1. The molecule has 1 aliphatic rings. The van der Waals surface area contributed by atoms with Crippen LogP contribution in [0.15, 0.2) is 67.0 Å². The molecule has 4 rings (SSSR count). The Morgan fingerprint density at radius 3 is 2.42 bits per heavy atom. The molecule has 2 aromatic carbocycles. The van der Waals surface area contributed by atoms with Gasteiger partial charge < -0.3 is 10.1 Å². The van der Waals surface area contributed by atoms with Crippen LogP contribution in [-0.4, -0.2) is 15.9 Å². The van der Waals surface area contributed by atoms with Gasteiger partial charge in [0.25, 0.3) is 0 Å². The van der Waals surface area contributed by atoms with E-state index in [2.05, 4.69) is 15.3 Å². The fourth-order valence-corrected chi connectivity index (χ4v) is 2.93. The number of nitrogens with zero attached hydrogens (tertiary/aromatic N) is 2. The van der Waals surface area contributed by atoms with E-state index in [-0.39, 0.29) is 0 Å². The van der Waals surface area contributed by atoms with Crippen LogP contribution in [0.1, 0.15) is 21.5 Å². The summed E-state index contributed by atoms with van der Waals surface area (Å²) in [7, 11) is 0. The quantitative estimate of drug-likeness (QED) is 0.740. The summed E-state index contributed by atoms with van der Waals surface area (Å²) in [4.78, 5) is 20.8. The number of nitrogens with one attached hydrogen (secondary N) is 1. The topological polar surface area (TPSA) is 64.1 Å². The van der Waals surface area contributed by atoms with Gasteiger partial charge in [-0.2, -0.15) is 0 Å². The van der Waals surface area contributed by atoms with Crippen molar-refractivity contribution in [3.63, 3.8) is 0 Å². The van der Waals surface area contributed by atoms with Crippen molar-refractivity contribution in [2.24, 2.45) is 0 Å². The minimum atomic E-state index is -1.19. The van der Waals surface area contributed by atoms with Gasteiger partial charge in [-0.1, -0.05) is 41.9 Å². The zero-order chi connectivity index (χ0) is 16.6. The maximum Gasteiger partial charge on any atom is 0.341 e. The molecule has 1 aromatic heterocycles. The molecule has 1 atom stereocenters. The molecule has 6 heteroatoms. The molecule has 1 unspecified atom stereocenters. The lowest BCUT2D eigenvalue weighted by atomic mass is 9.93. The number of anilines is 1. The van der Waals surface area contributed by atoms with Crippen molar-refractivity contribution in [2.45, 2.75) is 5.72 Å². The lowest BCUT2D eigenvalue weighted by molar-refractivity contribution is 0.0210. The Balaban J connectivity index is 1.91. The summed E-state index contributed by atoms with van der Waals surface area (Å²) in [5.74, 6) is -0.0408. The first-order valence-corrected chi connectivity index (χ1v) is 7.71. The SMILES string of the molecule is O=C1OC(Nc2ncccn2)(c2ccc(Cl)cc2)c2ccccc21. The fourth-order valence-electron chi connectivity index (χ4n) is 2.80. The molecule has 0 bridgehead atoms. The zero-order valence-corrected chi connectivity index (χ0v) is 13.2. The number of cyclic esters (lactones) is 1. The van der Waals surface area contributed by atoms with Gasteiger partial charge in [-0.3, -0.25) is 0 Å². The van der Waals surface area contributed by atoms with Gasteiger partial charge in [0.05, 0.1) is 5.56 Å². The van der Waals surface area contributed by atoms with Crippen LogP contribution in [0.2, 0.25) is 5.02 Å². The van der Waals surface area contributed by atoms with Gasteiger partial charge in [0.2, 0.25) is 11.7 Å². The second-order valence-corrected chi connectivity index (χ2v) is 5.76. The van der Waals surface area contributed by atoms with E-state index in [1.54, 1.807) is 42.7 Å². The molecular formula is C18H12ClN3O2. The van der Waals surface area contributed by atoms with Crippen molar-refractivity contribution in [1.82, 2.24) is 9.97 Å². The van der Waals surface area contributed by atoms with Crippen molar-refractivity contribution in [3.8, 4) is 0 Å². The van der Waals surface area contributed by atoms with E-state index < -0.39 is 11.7 Å². The van der Waals surface area contributed by atoms with Gasteiger partial charge in [0.15, 0.2) is 0 Å².